The Bertz CT molecular complexity index is 372. The molecular weight excluding hydrogens is 218 g/mol. The maximum Gasteiger partial charge on any atom is 0.227 e. The Balaban J connectivity index is 2.05. The second kappa shape index (κ2) is 5.39. The van der Waals surface area contributed by atoms with Gasteiger partial charge in [0.15, 0.2) is 0 Å². The molecule has 0 atom stereocenters. The van der Waals surface area contributed by atoms with Gasteiger partial charge in [0.2, 0.25) is 5.91 Å². The van der Waals surface area contributed by atoms with Crippen LogP contribution < -0.4 is 0 Å². The van der Waals surface area contributed by atoms with Crippen LogP contribution in [0.1, 0.15) is 18.4 Å². The van der Waals surface area contributed by atoms with Crippen LogP contribution in [0.15, 0.2) is 29.2 Å². The van der Waals surface area contributed by atoms with Gasteiger partial charge in [0.25, 0.3) is 0 Å². The smallest absolute Gasteiger partial charge is 0.227 e. The van der Waals surface area contributed by atoms with Gasteiger partial charge in [-0.3, -0.25) is 4.79 Å². The van der Waals surface area contributed by atoms with E-state index in [1.54, 1.807) is 11.8 Å². The van der Waals surface area contributed by atoms with Crippen LogP contribution in [-0.4, -0.2) is 30.2 Å². The van der Waals surface area contributed by atoms with E-state index < -0.39 is 0 Å². The Morgan fingerprint density at radius 1 is 1.31 bits per heavy atom. The van der Waals surface area contributed by atoms with Crippen molar-refractivity contribution in [3.05, 3.63) is 29.8 Å². The van der Waals surface area contributed by atoms with Gasteiger partial charge in [-0.2, -0.15) is 0 Å². The second-order valence-electron chi connectivity index (χ2n) is 4.08. The molecule has 0 N–H and O–H groups in total. The molecule has 0 unspecified atom stereocenters. The zero-order valence-electron chi connectivity index (χ0n) is 9.61. The molecule has 1 aliphatic rings. The normalized spacial score (nSPS) is 15.4. The Kier molecular flexibility index (Phi) is 3.88. The quantitative estimate of drug-likeness (QED) is 0.751. The van der Waals surface area contributed by atoms with Crippen LogP contribution in [0.25, 0.3) is 0 Å². The molecule has 1 fully saturated rings. The van der Waals surface area contributed by atoms with Crippen molar-refractivity contribution in [2.75, 3.05) is 19.3 Å². The molecule has 2 nitrogen and oxygen atoms in total. The summed E-state index contributed by atoms with van der Waals surface area (Å²) < 4.78 is 0. The third kappa shape index (κ3) is 2.59. The molecule has 0 aromatic heterocycles. The molecule has 3 heteroatoms. The fraction of sp³-hybridized carbons (Fsp3) is 0.462. The van der Waals surface area contributed by atoms with Crippen molar-refractivity contribution in [1.29, 1.82) is 0 Å². The second-order valence-corrected chi connectivity index (χ2v) is 4.92. The number of carbonyl (C=O) groups is 1. The summed E-state index contributed by atoms with van der Waals surface area (Å²) in [5, 5.41) is 0. The van der Waals surface area contributed by atoms with Crippen molar-refractivity contribution < 1.29 is 4.79 Å². The van der Waals surface area contributed by atoms with Crippen molar-refractivity contribution in [3.63, 3.8) is 0 Å². The van der Waals surface area contributed by atoms with E-state index in [1.807, 2.05) is 17.0 Å². The number of nitrogens with zero attached hydrogens (tertiary/aromatic N) is 1. The van der Waals surface area contributed by atoms with Gasteiger partial charge < -0.3 is 4.90 Å². The molecule has 1 amide bonds. The molecule has 2 rings (SSSR count). The first-order chi connectivity index (χ1) is 7.81. The maximum atomic E-state index is 12.0. The molecule has 16 heavy (non-hydrogen) atoms. The highest BCUT2D eigenvalue weighted by Crippen LogP contribution is 2.21. The summed E-state index contributed by atoms with van der Waals surface area (Å²) in [5.41, 5.74) is 1.16. The monoisotopic (exact) mass is 235 g/mol. The number of rotatable bonds is 3. The molecule has 1 aromatic carbocycles. The first kappa shape index (κ1) is 11.5. The number of likely N-dealkylation sites (tertiary alicyclic amines) is 1. The summed E-state index contributed by atoms with van der Waals surface area (Å²) in [6.07, 6.45) is 4.93. The van der Waals surface area contributed by atoms with Crippen molar-refractivity contribution in [3.8, 4) is 0 Å². The number of amides is 1. The third-order valence-electron chi connectivity index (χ3n) is 2.99. The van der Waals surface area contributed by atoms with E-state index >= 15 is 0 Å². The summed E-state index contributed by atoms with van der Waals surface area (Å²) in [6, 6.07) is 8.17. The Labute approximate surface area is 101 Å². The summed E-state index contributed by atoms with van der Waals surface area (Å²) in [5.74, 6) is 0.277. The van der Waals surface area contributed by atoms with E-state index in [0.717, 1.165) is 31.5 Å². The largest absolute Gasteiger partial charge is 0.342 e. The number of carbonyl (C=O) groups excluding carboxylic acids is 1. The third-order valence-corrected chi connectivity index (χ3v) is 3.83. The topological polar surface area (TPSA) is 20.3 Å². The maximum absolute atomic E-state index is 12.0. The van der Waals surface area contributed by atoms with E-state index in [0.29, 0.717) is 6.42 Å². The highest BCUT2D eigenvalue weighted by atomic mass is 32.2. The van der Waals surface area contributed by atoms with Crippen LogP contribution in [0.2, 0.25) is 0 Å². The van der Waals surface area contributed by atoms with Crippen molar-refractivity contribution in [2.24, 2.45) is 0 Å². The summed E-state index contributed by atoms with van der Waals surface area (Å²) in [6.45, 7) is 1.89. The molecule has 0 bridgehead atoms. The van der Waals surface area contributed by atoms with Gasteiger partial charge in [0.1, 0.15) is 0 Å². The highest BCUT2D eigenvalue weighted by molar-refractivity contribution is 7.98. The standard InChI is InChI=1S/C13H17NOS/c1-16-12-7-3-2-6-11(12)10-13(15)14-8-4-5-9-14/h2-3,6-7H,4-5,8-10H2,1H3. The lowest BCUT2D eigenvalue weighted by molar-refractivity contribution is -0.129. The van der Waals surface area contributed by atoms with Crippen LogP contribution in [0.3, 0.4) is 0 Å². The first-order valence-electron chi connectivity index (χ1n) is 5.71. The SMILES string of the molecule is CSc1ccccc1CC(=O)N1CCCC1. The molecule has 86 valence electrons. The summed E-state index contributed by atoms with van der Waals surface area (Å²) in [7, 11) is 0. The Morgan fingerprint density at radius 2 is 2.00 bits per heavy atom. The van der Waals surface area contributed by atoms with Crippen molar-refractivity contribution in [1.82, 2.24) is 4.90 Å². The van der Waals surface area contributed by atoms with Gasteiger partial charge in [-0.1, -0.05) is 18.2 Å². The van der Waals surface area contributed by atoms with Gasteiger partial charge in [0.05, 0.1) is 6.42 Å². The number of thioether (sulfide) groups is 1. The number of benzene rings is 1. The minimum Gasteiger partial charge on any atom is -0.342 e. The predicted molar refractivity (Wildman–Crippen MR) is 67.7 cm³/mol. The van der Waals surface area contributed by atoms with Gasteiger partial charge in [-0.05, 0) is 30.7 Å². The zero-order chi connectivity index (χ0) is 11.4. The number of hydrogen-bond acceptors (Lipinski definition) is 2. The van der Waals surface area contributed by atoms with Gasteiger partial charge in [0, 0.05) is 18.0 Å². The summed E-state index contributed by atoms with van der Waals surface area (Å²) >= 11 is 1.71. The van der Waals surface area contributed by atoms with Crippen LogP contribution in [0, 0.1) is 0 Å². The molecule has 0 radical (unpaired) electrons. The molecule has 0 saturated carbocycles. The average Bonchev–Trinajstić information content (AvgIpc) is 2.83. The van der Waals surface area contributed by atoms with E-state index in [4.69, 9.17) is 0 Å². The first-order valence-corrected chi connectivity index (χ1v) is 6.93. The fourth-order valence-corrected chi connectivity index (χ4v) is 2.71. The van der Waals surface area contributed by atoms with E-state index in [2.05, 4.69) is 18.4 Å². The predicted octanol–water partition coefficient (Wildman–Crippen LogP) is 2.57. The van der Waals surface area contributed by atoms with Crippen molar-refractivity contribution in [2.45, 2.75) is 24.2 Å². The minimum absolute atomic E-state index is 0.277. The van der Waals surface area contributed by atoms with Crippen LogP contribution in [0.4, 0.5) is 0 Å². The van der Waals surface area contributed by atoms with E-state index in [-0.39, 0.29) is 5.91 Å². The molecule has 1 heterocycles. The summed E-state index contributed by atoms with van der Waals surface area (Å²) in [4.78, 5) is 15.2. The molecule has 1 aliphatic heterocycles. The highest BCUT2D eigenvalue weighted by Gasteiger charge is 2.18. The lowest BCUT2D eigenvalue weighted by Gasteiger charge is -2.16. The Morgan fingerprint density at radius 3 is 2.69 bits per heavy atom. The molecular formula is C13H17NOS. The average molecular weight is 235 g/mol. The van der Waals surface area contributed by atoms with Gasteiger partial charge in [-0.25, -0.2) is 0 Å². The molecule has 1 aromatic rings. The lowest BCUT2D eigenvalue weighted by atomic mass is 10.1. The van der Waals surface area contributed by atoms with Gasteiger partial charge in [-0.15, -0.1) is 11.8 Å². The van der Waals surface area contributed by atoms with Crippen LogP contribution in [-0.2, 0) is 11.2 Å². The fourth-order valence-electron chi connectivity index (χ4n) is 2.09. The number of hydrogen-bond donors (Lipinski definition) is 0. The zero-order valence-corrected chi connectivity index (χ0v) is 10.4. The Hall–Kier alpha value is -0.960. The van der Waals surface area contributed by atoms with Crippen molar-refractivity contribution >= 4 is 17.7 Å². The molecule has 1 saturated heterocycles. The lowest BCUT2D eigenvalue weighted by Crippen LogP contribution is -2.29. The molecule has 0 spiro atoms. The minimum atomic E-state index is 0.277. The van der Waals surface area contributed by atoms with Crippen LogP contribution in [0.5, 0.6) is 0 Å². The van der Waals surface area contributed by atoms with E-state index in [1.165, 1.54) is 4.90 Å². The van der Waals surface area contributed by atoms with Gasteiger partial charge >= 0.3 is 0 Å². The van der Waals surface area contributed by atoms with Crippen LogP contribution >= 0.6 is 11.8 Å². The molecule has 0 aliphatic carbocycles. The van der Waals surface area contributed by atoms with E-state index in [9.17, 15) is 4.79 Å².